The first-order valence-electron chi connectivity index (χ1n) is 13.3. The molecule has 0 spiro atoms. The Labute approximate surface area is 249 Å². The number of nitrogens with one attached hydrogen (secondary N) is 1. The molecular formula is C35H32INO3. The molecule has 0 saturated carbocycles. The molecule has 0 fully saturated rings. The molecule has 0 aliphatic carbocycles. The number of aromatic amines is 1. The molecule has 4 nitrogen and oxygen atoms in total. The Kier molecular flexibility index (Phi) is 7.69. The highest BCUT2D eigenvalue weighted by atomic mass is 127. The van der Waals surface area contributed by atoms with E-state index in [0.717, 1.165) is 53.8 Å². The van der Waals surface area contributed by atoms with Crippen LogP contribution in [0.15, 0.2) is 77.2 Å². The van der Waals surface area contributed by atoms with Crippen LogP contribution in [0, 0.1) is 45.1 Å². The van der Waals surface area contributed by atoms with Crippen LogP contribution in [0.25, 0.3) is 0 Å². The first-order valence-corrected chi connectivity index (χ1v) is 14.4. The third-order valence-electron chi connectivity index (χ3n) is 7.41. The maximum Gasteiger partial charge on any atom is 0.228 e. The lowest BCUT2D eigenvalue weighted by Crippen LogP contribution is -2.09. The van der Waals surface area contributed by atoms with Crippen LogP contribution in [0.3, 0.4) is 0 Å². The van der Waals surface area contributed by atoms with E-state index in [9.17, 15) is 9.59 Å². The summed E-state index contributed by atoms with van der Waals surface area (Å²) >= 11 is 2.28. The number of ketones is 2. The fourth-order valence-electron chi connectivity index (χ4n) is 5.83. The molecular weight excluding hydrogens is 609 g/mol. The van der Waals surface area contributed by atoms with Crippen molar-refractivity contribution in [3.05, 3.63) is 149 Å². The lowest BCUT2D eigenvalue weighted by molar-refractivity contribution is 0.100. The Balaban J connectivity index is 1.55. The van der Waals surface area contributed by atoms with E-state index >= 15 is 0 Å². The van der Waals surface area contributed by atoms with Gasteiger partial charge in [0.15, 0.2) is 5.76 Å². The molecule has 2 aromatic heterocycles. The average molecular weight is 642 g/mol. The van der Waals surface area contributed by atoms with Gasteiger partial charge in [0.25, 0.3) is 0 Å². The number of furan rings is 1. The van der Waals surface area contributed by atoms with Gasteiger partial charge in [0.2, 0.25) is 11.6 Å². The summed E-state index contributed by atoms with van der Waals surface area (Å²) in [6, 6.07) is 23.7. The van der Waals surface area contributed by atoms with Crippen molar-refractivity contribution in [2.24, 2.45) is 0 Å². The average Bonchev–Trinajstić information content (AvgIpc) is 3.55. The zero-order valence-corrected chi connectivity index (χ0v) is 25.8. The summed E-state index contributed by atoms with van der Waals surface area (Å²) in [6.45, 7) is 11.9. The van der Waals surface area contributed by atoms with E-state index in [-0.39, 0.29) is 17.5 Å². The molecule has 0 amide bonds. The van der Waals surface area contributed by atoms with E-state index in [2.05, 4.69) is 39.7 Å². The minimum Gasteiger partial charge on any atom is -0.457 e. The summed E-state index contributed by atoms with van der Waals surface area (Å²) in [4.78, 5) is 30.5. The number of H-pyrrole nitrogens is 1. The van der Waals surface area contributed by atoms with E-state index in [0.29, 0.717) is 22.8 Å². The third kappa shape index (κ3) is 5.35. The highest BCUT2D eigenvalue weighted by Crippen LogP contribution is 2.34. The van der Waals surface area contributed by atoms with E-state index in [4.69, 9.17) is 4.42 Å². The van der Waals surface area contributed by atoms with Crippen LogP contribution in [0.1, 0.15) is 88.5 Å². The number of hydrogen-bond acceptors (Lipinski definition) is 3. The van der Waals surface area contributed by atoms with Gasteiger partial charge in [-0.3, -0.25) is 9.59 Å². The molecule has 0 aliphatic heterocycles. The lowest BCUT2D eigenvalue weighted by Gasteiger charge is -2.15. The summed E-state index contributed by atoms with van der Waals surface area (Å²) in [6.07, 6.45) is 0. The maximum atomic E-state index is 13.6. The standard InChI is InChI=1S/C35H32INO3/c1-19-15-21(3)31(22(4)16-19)34(38)28-12-11-27(37-28)33(25-7-9-26(36)10-8-25)29-13-14-30(40-29)35(39)32-23(5)17-20(2)18-24(32)6/h7-18,33,37H,1-6H3. The fraction of sp³-hybridized carbons (Fsp3) is 0.200. The minimum absolute atomic E-state index is 0.0387. The molecule has 0 radical (unpaired) electrons. The number of halogens is 1. The van der Waals surface area contributed by atoms with Crippen molar-refractivity contribution < 1.29 is 14.0 Å². The summed E-state index contributed by atoms with van der Waals surface area (Å²) in [5.74, 6) is 0.448. The predicted molar refractivity (Wildman–Crippen MR) is 168 cm³/mol. The second kappa shape index (κ2) is 11.0. The third-order valence-corrected chi connectivity index (χ3v) is 8.13. The number of aromatic nitrogens is 1. The zero-order chi connectivity index (χ0) is 28.7. The molecule has 0 aliphatic rings. The second-order valence-corrected chi connectivity index (χ2v) is 12.0. The van der Waals surface area contributed by atoms with Crippen LogP contribution in [0.2, 0.25) is 0 Å². The van der Waals surface area contributed by atoms with E-state index < -0.39 is 0 Å². The predicted octanol–water partition coefficient (Wildman–Crippen LogP) is 8.71. The van der Waals surface area contributed by atoms with E-state index in [1.54, 1.807) is 6.07 Å². The van der Waals surface area contributed by atoms with Crippen molar-refractivity contribution >= 4 is 34.2 Å². The maximum absolute atomic E-state index is 13.6. The molecule has 1 atom stereocenters. The van der Waals surface area contributed by atoms with Crippen LogP contribution in [0.5, 0.6) is 0 Å². The number of rotatable bonds is 7. The molecule has 5 rings (SSSR count). The second-order valence-electron chi connectivity index (χ2n) is 10.7. The van der Waals surface area contributed by atoms with Gasteiger partial charge in [-0.15, -0.1) is 0 Å². The number of carbonyl (C=O) groups excluding carboxylic acids is 2. The van der Waals surface area contributed by atoms with Crippen molar-refractivity contribution in [3.63, 3.8) is 0 Å². The highest BCUT2D eigenvalue weighted by Gasteiger charge is 2.26. The smallest absolute Gasteiger partial charge is 0.228 e. The van der Waals surface area contributed by atoms with Crippen LogP contribution < -0.4 is 0 Å². The van der Waals surface area contributed by atoms with Crippen molar-refractivity contribution in [3.8, 4) is 0 Å². The molecule has 0 saturated heterocycles. The Morgan fingerprint density at radius 2 is 1.20 bits per heavy atom. The van der Waals surface area contributed by atoms with Gasteiger partial charge in [0.1, 0.15) is 5.76 Å². The van der Waals surface area contributed by atoms with E-state index in [1.165, 1.54) is 0 Å². The van der Waals surface area contributed by atoms with Gasteiger partial charge in [-0.2, -0.15) is 0 Å². The summed E-state index contributed by atoms with van der Waals surface area (Å²) in [5.41, 5.74) is 9.79. The molecule has 0 bridgehead atoms. The molecule has 3 aromatic carbocycles. The summed E-state index contributed by atoms with van der Waals surface area (Å²) in [5, 5.41) is 0. The Bertz CT molecular complexity index is 1600. The van der Waals surface area contributed by atoms with E-state index in [1.807, 2.05) is 96.1 Å². The normalized spacial score (nSPS) is 12.0. The number of carbonyl (C=O) groups is 2. The van der Waals surface area contributed by atoms with Crippen LogP contribution >= 0.6 is 22.6 Å². The molecule has 5 heteroatoms. The largest absolute Gasteiger partial charge is 0.457 e. The summed E-state index contributed by atoms with van der Waals surface area (Å²) in [7, 11) is 0. The van der Waals surface area contributed by atoms with Crippen molar-refractivity contribution in [2.45, 2.75) is 47.5 Å². The van der Waals surface area contributed by atoms with Gasteiger partial charge in [0.05, 0.1) is 11.6 Å². The van der Waals surface area contributed by atoms with Gasteiger partial charge in [-0.25, -0.2) is 0 Å². The van der Waals surface area contributed by atoms with Crippen molar-refractivity contribution in [1.29, 1.82) is 0 Å². The fourth-order valence-corrected chi connectivity index (χ4v) is 6.19. The van der Waals surface area contributed by atoms with Crippen molar-refractivity contribution in [1.82, 2.24) is 4.98 Å². The van der Waals surface area contributed by atoms with Gasteiger partial charge in [-0.1, -0.05) is 47.5 Å². The topological polar surface area (TPSA) is 63.1 Å². The Hall–Kier alpha value is -3.71. The molecule has 40 heavy (non-hydrogen) atoms. The number of aryl methyl sites for hydroxylation is 6. The van der Waals surface area contributed by atoms with Crippen LogP contribution in [-0.4, -0.2) is 16.6 Å². The molecule has 1 unspecified atom stereocenters. The van der Waals surface area contributed by atoms with Gasteiger partial charge >= 0.3 is 0 Å². The quantitative estimate of drug-likeness (QED) is 0.143. The summed E-state index contributed by atoms with van der Waals surface area (Å²) < 4.78 is 7.41. The van der Waals surface area contributed by atoms with Crippen molar-refractivity contribution in [2.75, 3.05) is 0 Å². The molecule has 2 heterocycles. The highest BCUT2D eigenvalue weighted by molar-refractivity contribution is 14.1. The first kappa shape index (κ1) is 27.8. The molecule has 1 N–H and O–H groups in total. The van der Waals surface area contributed by atoms with Gasteiger partial charge in [0, 0.05) is 20.4 Å². The molecule has 5 aromatic rings. The lowest BCUT2D eigenvalue weighted by atomic mass is 9.93. The Morgan fingerprint density at radius 1 is 0.675 bits per heavy atom. The van der Waals surface area contributed by atoms with Crippen LogP contribution in [-0.2, 0) is 0 Å². The zero-order valence-electron chi connectivity index (χ0n) is 23.6. The number of hydrogen-bond donors (Lipinski definition) is 1. The van der Waals surface area contributed by atoms with Gasteiger partial charge < -0.3 is 9.40 Å². The first-order chi connectivity index (χ1) is 19.0. The number of benzene rings is 3. The molecule has 202 valence electrons. The minimum atomic E-state index is -0.319. The van der Waals surface area contributed by atoms with Crippen LogP contribution in [0.4, 0.5) is 0 Å². The SMILES string of the molecule is Cc1cc(C)c(C(=O)c2ccc(C(c3ccc(I)cc3)c3ccc(C(=O)c4c(C)cc(C)cc4C)o3)[nH]2)c(C)c1. The monoisotopic (exact) mass is 641 g/mol. The Morgan fingerprint density at radius 3 is 1.75 bits per heavy atom. The van der Waals surface area contributed by atoms with Gasteiger partial charge in [-0.05, 0) is 128 Å².